The van der Waals surface area contributed by atoms with E-state index in [-0.39, 0.29) is 16.7 Å². The SMILES string of the molecule is Cc1cc(CNc2ccc(SC(F)(F)F)cc2)ccc1Br. The number of rotatable bonds is 4. The van der Waals surface area contributed by atoms with Gasteiger partial charge in [0.05, 0.1) is 0 Å². The lowest BCUT2D eigenvalue weighted by molar-refractivity contribution is -0.0328. The Labute approximate surface area is 134 Å². The maximum absolute atomic E-state index is 12.2. The first-order valence-electron chi connectivity index (χ1n) is 6.18. The number of aryl methyl sites for hydroxylation is 1. The molecular weight excluding hydrogens is 363 g/mol. The lowest BCUT2D eigenvalue weighted by Crippen LogP contribution is -2.01. The third kappa shape index (κ3) is 5.28. The fourth-order valence-electron chi connectivity index (χ4n) is 1.80. The molecule has 21 heavy (non-hydrogen) atoms. The van der Waals surface area contributed by atoms with E-state index in [4.69, 9.17) is 0 Å². The second-order valence-electron chi connectivity index (χ2n) is 4.51. The van der Waals surface area contributed by atoms with Gasteiger partial charge >= 0.3 is 5.51 Å². The third-order valence-electron chi connectivity index (χ3n) is 2.81. The highest BCUT2D eigenvalue weighted by atomic mass is 79.9. The number of hydrogen-bond acceptors (Lipinski definition) is 2. The number of alkyl halides is 3. The van der Waals surface area contributed by atoms with Gasteiger partial charge in [0.25, 0.3) is 0 Å². The van der Waals surface area contributed by atoms with Gasteiger partial charge in [0, 0.05) is 21.6 Å². The highest BCUT2D eigenvalue weighted by Crippen LogP contribution is 2.37. The van der Waals surface area contributed by atoms with Gasteiger partial charge in [-0.3, -0.25) is 0 Å². The molecule has 0 atom stereocenters. The van der Waals surface area contributed by atoms with Crippen molar-refractivity contribution < 1.29 is 13.2 Å². The summed E-state index contributed by atoms with van der Waals surface area (Å²) < 4.78 is 37.7. The Balaban J connectivity index is 1.96. The first-order chi connectivity index (χ1) is 9.83. The van der Waals surface area contributed by atoms with E-state index in [9.17, 15) is 13.2 Å². The van der Waals surface area contributed by atoms with E-state index in [0.29, 0.717) is 6.54 Å². The van der Waals surface area contributed by atoms with Crippen LogP contribution in [0.4, 0.5) is 18.9 Å². The van der Waals surface area contributed by atoms with Crippen LogP contribution in [0.25, 0.3) is 0 Å². The molecule has 0 fully saturated rings. The van der Waals surface area contributed by atoms with Crippen LogP contribution >= 0.6 is 27.7 Å². The van der Waals surface area contributed by atoms with Gasteiger partial charge in [-0.1, -0.05) is 28.1 Å². The molecule has 0 aromatic heterocycles. The van der Waals surface area contributed by atoms with Gasteiger partial charge in [-0.2, -0.15) is 13.2 Å². The van der Waals surface area contributed by atoms with Crippen LogP contribution in [-0.2, 0) is 6.54 Å². The van der Waals surface area contributed by atoms with Crippen molar-refractivity contribution in [3.8, 4) is 0 Å². The molecule has 2 aromatic rings. The third-order valence-corrected chi connectivity index (χ3v) is 4.44. The molecule has 0 unspecified atom stereocenters. The number of halogens is 4. The average Bonchev–Trinajstić information content (AvgIpc) is 2.40. The van der Waals surface area contributed by atoms with Crippen LogP contribution in [-0.4, -0.2) is 5.51 Å². The number of hydrogen-bond donors (Lipinski definition) is 1. The van der Waals surface area contributed by atoms with E-state index < -0.39 is 5.51 Å². The molecule has 6 heteroatoms. The molecule has 112 valence electrons. The van der Waals surface area contributed by atoms with E-state index >= 15 is 0 Å². The van der Waals surface area contributed by atoms with Crippen molar-refractivity contribution in [2.24, 2.45) is 0 Å². The van der Waals surface area contributed by atoms with Crippen LogP contribution < -0.4 is 5.32 Å². The second-order valence-corrected chi connectivity index (χ2v) is 6.50. The van der Waals surface area contributed by atoms with Gasteiger partial charge in [-0.05, 0) is 60.1 Å². The van der Waals surface area contributed by atoms with Crippen molar-refractivity contribution in [1.29, 1.82) is 0 Å². The van der Waals surface area contributed by atoms with Gasteiger partial charge in [-0.25, -0.2) is 0 Å². The molecule has 0 radical (unpaired) electrons. The maximum Gasteiger partial charge on any atom is 0.446 e. The minimum Gasteiger partial charge on any atom is -0.381 e. The molecule has 1 nitrogen and oxygen atoms in total. The van der Waals surface area contributed by atoms with Crippen LogP contribution in [0.1, 0.15) is 11.1 Å². The lowest BCUT2D eigenvalue weighted by Gasteiger charge is -2.09. The topological polar surface area (TPSA) is 12.0 Å². The molecule has 0 aliphatic heterocycles. The first-order valence-corrected chi connectivity index (χ1v) is 7.79. The smallest absolute Gasteiger partial charge is 0.381 e. The zero-order valence-electron chi connectivity index (χ0n) is 11.2. The molecule has 0 bridgehead atoms. The van der Waals surface area contributed by atoms with Gasteiger partial charge in [-0.15, -0.1) is 0 Å². The summed E-state index contributed by atoms with van der Waals surface area (Å²) >= 11 is 3.34. The monoisotopic (exact) mass is 375 g/mol. The standard InChI is InChI=1S/C15H13BrF3NS/c1-10-8-11(2-7-14(10)16)9-20-12-3-5-13(6-4-12)21-15(17,18)19/h2-8,20H,9H2,1H3. The van der Waals surface area contributed by atoms with Crippen LogP contribution in [0.3, 0.4) is 0 Å². The summed E-state index contributed by atoms with van der Waals surface area (Å²) in [4.78, 5) is 0.188. The van der Waals surface area contributed by atoms with Gasteiger partial charge in [0.15, 0.2) is 0 Å². The Kier molecular flexibility index (Phi) is 5.22. The van der Waals surface area contributed by atoms with Crippen molar-refractivity contribution >= 4 is 33.4 Å². The normalized spacial score (nSPS) is 11.5. The summed E-state index contributed by atoms with van der Waals surface area (Å²) in [6.45, 7) is 2.64. The molecule has 0 aliphatic rings. The van der Waals surface area contributed by atoms with E-state index in [1.807, 2.05) is 19.1 Å². The zero-order chi connectivity index (χ0) is 15.5. The van der Waals surface area contributed by atoms with E-state index in [0.717, 1.165) is 21.3 Å². The molecule has 1 N–H and O–H groups in total. The van der Waals surface area contributed by atoms with Crippen molar-refractivity contribution in [2.75, 3.05) is 5.32 Å². The summed E-state index contributed by atoms with van der Waals surface area (Å²) in [5.74, 6) is 0. The Morgan fingerprint density at radius 1 is 1.10 bits per heavy atom. The molecule has 0 aliphatic carbocycles. The van der Waals surface area contributed by atoms with Crippen LogP contribution in [0.5, 0.6) is 0 Å². The molecule has 0 spiro atoms. The van der Waals surface area contributed by atoms with Crippen LogP contribution in [0.15, 0.2) is 51.8 Å². The highest BCUT2D eigenvalue weighted by molar-refractivity contribution is 9.10. The van der Waals surface area contributed by atoms with Crippen LogP contribution in [0, 0.1) is 6.92 Å². The summed E-state index contributed by atoms with van der Waals surface area (Å²) in [5, 5.41) is 3.19. The fourth-order valence-corrected chi connectivity index (χ4v) is 2.58. The Hall–Kier alpha value is -1.14. The minimum absolute atomic E-state index is 0.106. The predicted octanol–water partition coefficient (Wildman–Crippen LogP) is 5.98. The minimum atomic E-state index is -4.25. The number of anilines is 1. The predicted molar refractivity (Wildman–Crippen MR) is 84.6 cm³/mol. The van der Waals surface area contributed by atoms with Crippen LogP contribution in [0.2, 0.25) is 0 Å². The van der Waals surface area contributed by atoms with E-state index in [2.05, 4.69) is 27.3 Å². The highest BCUT2D eigenvalue weighted by Gasteiger charge is 2.28. The Morgan fingerprint density at radius 3 is 2.33 bits per heavy atom. The maximum atomic E-state index is 12.2. The van der Waals surface area contributed by atoms with Crippen molar-refractivity contribution in [1.82, 2.24) is 0 Å². The summed E-state index contributed by atoms with van der Waals surface area (Å²) in [6, 6.07) is 12.3. The van der Waals surface area contributed by atoms with E-state index in [1.54, 1.807) is 12.1 Å². The molecule has 2 aromatic carbocycles. The molecule has 2 rings (SSSR count). The summed E-state index contributed by atoms with van der Waals surface area (Å²) in [6.07, 6.45) is 0. The quantitative estimate of drug-likeness (QED) is 0.659. The molecule has 0 saturated carbocycles. The lowest BCUT2D eigenvalue weighted by atomic mass is 10.1. The molecule has 0 saturated heterocycles. The summed E-state index contributed by atoms with van der Waals surface area (Å²) in [7, 11) is 0. The Morgan fingerprint density at radius 2 is 1.76 bits per heavy atom. The van der Waals surface area contributed by atoms with Crippen molar-refractivity contribution in [2.45, 2.75) is 23.9 Å². The number of benzene rings is 2. The fraction of sp³-hybridized carbons (Fsp3) is 0.200. The van der Waals surface area contributed by atoms with E-state index in [1.165, 1.54) is 12.1 Å². The second kappa shape index (κ2) is 6.75. The van der Waals surface area contributed by atoms with Crippen molar-refractivity contribution in [3.63, 3.8) is 0 Å². The summed E-state index contributed by atoms with van der Waals surface area (Å²) in [5.41, 5.74) is -1.19. The molecule has 0 heterocycles. The van der Waals surface area contributed by atoms with Crippen molar-refractivity contribution in [3.05, 3.63) is 58.1 Å². The number of nitrogens with one attached hydrogen (secondary N) is 1. The molecule has 0 amide bonds. The first kappa shape index (κ1) is 16.2. The van der Waals surface area contributed by atoms with Gasteiger partial charge in [0.1, 0.15) is 0 Å². The van der Waals surface area contributed by atoms with Gasteiger partial charge < -0.3 is 5.32 Å². The molecular formula is C15H13BrF3NS. The average molecular weight is 376 g/mol. The van der Waals surface area contributed by atoms with Gasteiger partial charge in [0.2, 0.25) is 0 Å². The Bertz CT molecular complexity index is 611. The largest absolute Gasteiger partial charge is 0.446 e. The zero-order valence-corrected chi connectivity index (χ0v) is 13.6. The number of thioether (sulfide) groups is 1.